The molecule has 15 heteroatoms. The van der Waals surface area contributed by atoms with Crippen molar-refractivity contribution in [1.29, 1.82) is 0 Å². The number of amides is 1. The number of benzene rings is 3. The maximum Gasteiger partial charge on any atom is 0.422 e. The summed E-state index contributed by atoms with van der Waals surface area (Å²) in [5.41, 5.74) is 3.51. The highest BCUT2D eigenvalue weighted by atomic mass is 32.2. The Morgan fingerprint density at radius 3 is 2.32 bits per heavy atom. The lowest BCUT2D eigenvalue weighted by Crippen LogP contribution is -2.48. The van der Waals surface area contributed by atoms with Gasteiger partial charge in [-0.05, 0) is 59.7 Å². The molecule has 0 saturated carbocycles. The number of halogens is 3. The van der Waals surface area contributed by atoms with E-state index in [2.05, 4.69) is 14.6 Å². The van der Waals surface area contributed by atoms with Crippen molar-refractivity contribution in [3.63, 3.8) is 0 Å². The van der Waals surface area contributed by atoms with Crippen LogP contribution in [0.1, 0.15) is 16.1 Å². The number of fused-ring (bicyclic) bond motifs is 1. The number of carbonyl (C=O) groups is 1. The first kappa shape index (κ1) is 36.0. The van der Waals surface area contributed by atoms with Crippen molar-refractivity contribution in [3.8, 4) is 27.8 Å². The number of thiophene rings is 1. The molecule has 1 saturated heterocycles. The summed E-state index contributed by atoms with van der Waals surface area (Å²) in [5.74, 6) is 0.843. The van der Waals surface area contributed by atoms with Crippen LogP contribution in [0, 0.1) is 0 Å². The molecule has 3 aromatic carbocycles. The van der Waals surface area contributed by atoms with Crippen LogP contribution in [0.25, 0.3) is 21.3 Å². The van der Waals surface area contributed by atoms with Gasteiger partial charge >= 0.3 is 6.18 Å². The van der Waals surface area contributed by atoms with Crippen molar-refractivity contribution in [2.24, 2.45) is 7.05 Å². The highest BCUT2D eigenvalue weighted by Crippen LogP contribution is 2.32. The smallest absolute Gasteiger partial charge is 0.422 e. The summed E-state index contributed by atoms with van der Waals surface area (Å²) >= 11 is 1.18. The summed E-state index contributed by atoms with van der Waals surface area (Å²) in [5, 5.41) is 0.867. The summed E-state index contributed by atoms with van der Waals surface area (Å²) in [6.45, 7) is 1.64. The Labute approximate surface area is 308 Å². The minimum Gasteiger partial charge on any atom is -0.484 e. The number of rotatable bonds is 11. The molecule has 6 aromatic rings. The second kappa shape index (κ2) is 14.9. The zero-order valence-corrected chi connectivity index (χ0v) is 30.0. The standard InChI is InChI=1S/C38H34F3N5O5S2/c1-44-32-22-31(51-35-15-10-29(23-42-35)43-53(48,49)36-16-14-34(52-36)27-5-3-2-4-6-27)13-9-28(32)21-33(44)37(47)46-19-17-45(18-20-46)24-26-7-11-30(12-8-26)50-25-38(39,40)41/h2-16,21-23,43H,17-20,24-25H2,1H3. The van der Waals surface area contributed by atoms with E-state index in [0.29, 0.717) is 49.9 Å². The van der Waals surface area contributed by atoms with Crippen LogP contribution in [0.4, 0.5) is 18.9 Å². The molecule has 0 atom stereocenters. The van der Waals surface area contributed by atoms with Crippen LogP contribution in [-0.4, -0.2) is 72.6 Å². The number of piperazine rings is 1. The Hall–Kier alpha value is -5.38. The van der Waals surface area contributed by atoms with Crippen molar-refractivity contribution in [2.75, 3.05) is 37.5 Å². The number of carbonyl (C=O) groups excluding carboxylic acids is 1. The molecule has 0 bridgehead atoms. The number of nitrogens with zero attached hydrogens (tertiary/aromatic N) is 4. The van der Waals surface area contributed by atoms with Crippen molar-refractivity contribution in [3.05, 3.63) is 121 Å². The number of pyridine rings is 1. The number of aromatic nitrogens is 2. The second-order valence-corrected chi connectivity index (χ2v) is 15.5. The van der Waals surface area contributed by atoms with Crippen LogP contribution in [0.3, 0.4) is 0 Å². The molecule has 3 aromatic heterocycles. The molecule has 1 fully saturated rings. The Morgan fingerprint density at radius 2 is 1.62 bits per heavy atom. The van der Waals surface area contributed by atoms with E-state index in [1.165, 1.54) is 29.7 Å². The number of sulfonamides is 1. The normalized spacial score (nSPS) is 14.0. The fraction of sp³-hybridized carbons (Fsp3) is 0.211. The molecule has 53 heavy (non-hydrogen) atoms. The van der Waals surface area contributed by atoms with E-state index in [1.54, 1.807) is 42.5 Å². The van der Waals surface area contributed by atoms with Crippen LogP contribution >= 0.6 is 11.3 Å². The SMILES string of the molecule is Cn1c(C(=O)N2CCN(Cc3ccc(OCC(F)(F)F)cc3)CC2)cc2ccc(Oc3ccc(NS(=O)(=O)c4ccc(-c5ccccc5)s4)cn3)cc21. The van der Waals surface area contributed by atoms with E-state index in [9.17, 15) is 26.4 Å². The van der Waals surface area contributed by atoms with Crippen molar-refractivity contribution in [1.82, 2.24) is 19.4 Å². The number of aryl methyl sites for hydroxylation is 1. The van der Waals surface area contributed by atoms with Crippen LogP contribution in [0.2, 0.25) is 0 Å². The lowest BCUT2D eigenvalue weighted by atomic mass is 10.2. The maximum atomic E-state index is 13.6. The lowest BCUT2D eigenvalue weighted by molar-refractivity contribution is -0.153. The molecular weight excluding hydrogens is 728 g/mol. The Balaban J connectivity index is 0.937. The Kier molecular flexibility index (Phi) is 10.1. The topological polar surface area (TPSA) is 106 Å². The maximum absolute atomic E-state index is 13.6. The number of hydrogen-bond donors (Lipinski definition) is 1. The first-order valence-corrected chi connectivity index (χ1v) is 18.9. The van der Waals surface area contributed by atoms with Gasteiger partial charge in [-0.3, -0.25) is 14.4 Å². The predicted molar refractivity (Wildman–Crippen MR) is 197 cm³/mol. The molecule has 7 rings (SSSR count). The third kappa shape index (κ3) is 8.64. The number of ether oxygens (including phenoxy) is 2. The van der Waals surface area contributed by atoms with Gasteiger partial charge in [0.1, 0.15) is 21.4 Å². The van der Waals surface area contributed by atoms with E-state index >= 15 is 0 Å². The minimum absolute atomic E-state index is 0.0875. The summed E-state index contributed by atoms with van der Waals surface area (Å²) in [4.78, 5) is 22.7. The van der Waals surface area contributed by atoms with Crippen LogP contribution < -0.4 is 14.2 Å². The summed E-state index contributed by atoms with van der Waals surface area (Å²) in [6, 6.07) is 30.0. The minimum atomic E-state index is -4.39. The van der Waals surface area contributed by atoms with Crippen LogP contribution in [0.15, 0.2) is 114 Å². The molecule has 0 aliphatic carbocycles. The van der Waals surface area contributed by atoms with Gasteiger partial charge in [0, 0.05) is 62.2 Å². The third-order valence-corrected chi connectivity index (χ3v) is 11.8. The fourth-order valence-corrected chi connectivity index (χ4v) is 8.37. The molecular formula is C38H34F3N5O5S2. The van der Waals surface area contributed by atoms with E-state index in [1.807, 2.05) is 65.0 Å². The molecule has 4 heterocycles. The van der Waals surface area contributed by atoms with Gasteiger partial charge in [0.2, 0.25) is 5.88 Å². The number of alkyl halides is 3. The molecule has 1 aliphatic rings. The van der Waals surface area contributed by atoms with Gasteiger partial charge in [-0.2, -0.15) is 13.2 Å². The van der Waals surface area contributed by atoms with E-state index in [0.717, 1.165) is 26.9 Å². The van der Waals surface area contributed by atoms with Crippen molar-refractivity contribution in [2.45, 2.75) is 16.9 Å². The average molecular weight is 762 g/mol. The molecule has 0 radical (unpaired) electrons. The molecule has 274 valence electrons. The van der Waals surface area contributed by atoms with Crippen LogP contribution in [-0.2, 0) is 23.6 Å². The lowest BCUT2D eigenvalue weighted by Gasteiger charge is -2.34. The number of anilines is 1. The van der Waals surface area contributed by atoms with Gasteiger partial charge < -0.3 is 18.9 Å². The predicted octanol–water partition coefficient (Wildman–Crippen LogP) is 7.79. The quantitative estimate of drug-likeness (QED) is 0.144. The first-order valence-electron chi connectivity index (χ1n) is 16.6. The van der Waals surface area contributed by atoms with Crippen molar-refractivity contribution < 1.29 is 35.9 Å². The summed E-state index contributed by atoms with van der Waals surface area (Å²) < 4.78 is 78.7. The van der Waals surface area contributed by atoms with Gasteiger partial charge in [0.15, 0.2) is 6.61 Å². The Bertz CT molecular complexity index is 2320. The van der Waals surface area contributed by atoms with Gasteiger partial charge in [0.25, 0.3) is 15.9 Å². The zero-order valence-electron chi connectivity index (χ0n) is 28.4. The molecule has 1 amide bonds. The molecule has 0 spiro atoms. The van der Waals surface area contributed by atoms with E-state index in [4.69, 9.17) is 9.47 Å². The molecule has 1 aliphatic heterocycles. The van der Waals surface area contributed by atoms with E-state index < -0.39 is 22.8 Å². The van der Waals surface area contributed by atoms with Crippen LogP contribution in [0.5, 0.6) is 17.4 Å². The average Bonchev–Trinajstić information content (AvgIpc) is 3.78. The molecule has 1 N–H and O–H groups in total. The number of nitrogens with one attached hydrogen (secondary N) is 1. The highest BCUT2D eigenvalue weighted by Gasteiger charge is 2.29. The largest absolute Gasteiger partial charge is 0.484 e. The van der Waals surface area contributed by atoms with Gasteiger partial charge in [-0.1, -0.05) is 42.5 Å². The molecule has 0 unspecified atom stereocenters. The van der Waals surface area contributed by atoms with Gasteiger partial charge in [0.05, 0.1) is 17.4 Å². The summed E-state index contributed by atoms with van der Waals surface area (Å²) in [6.07, 6.45) is -3.00. The summed E-state index contributed by atoms with van der Waals surface area (Å²) in [7, 11) is -1.99. The van der Waals surface area contributed by atoms with Crippen molar-refractivity contribution >= 4 is 43.9 Å². The second-order valence-electron chi connectivity index (χ2n) is 12.5. The van der Waals surface area contributed by atoms with Gasteiger partial charge in [-0.15, -0.1) is 11.3 Å². The van der Waals surface area contributed by atoms with Gasteiger partial charge in [-0.25, -0.2) is 13.4 Å². The first-order chi connectivity index (χ1) is 25.4. The Morgan fingerprint density at radius 1 is 0.887 bits per heavy atom. The molecule has 10 nitrogen and oxygen atoms in total. The fourth-order valence-electron chi connectivity index (χ4n) is 6.01. The highest BCUT2D eigenvalue weighted by molar-refractivity contribution is 7.94. The zero-order chi connectivity index (χ0) is 37.2. The number of hydrogen-bond acceptors (Lipinski definition) is 8. The van der Waals surface area contributed by atoms with E-state index in [-0.39, 0.29) is 21.7 Å². The third-order valence-electron chi connectivity index (χ3n) is 8.74. The monoisotopic (exact) mass is 761 g/mol.